The summed E-state index contributed by atoms with van der Waals surface area (Å²) in [4.78, 5) is 26.0. The molecule has 0 radical (unpaired) electrons. The molecule has 0 saturated heterocycles. The fraction of sp³-hybridized carbons (Fsp3) is 0.500. The van der Waals surface area contributed by atoms with Gasteiger partial charge < -0.3 is 15.4 Å². The number of anilines is 1. The molecule has 0 aliphatic carbocycles. The minimum Gasteiger partial charge on any atom is -0.466 e. The zero-order valence-corrected chi connectivity index (χ0v) is 18.6. The molecule has 0 spiro atoms. The monoisotopic (exact) mass is 398 g/mol. The maximum atomic E-state index is 13.5. The van der Waals surface area contributed by atoms with Crippen LogP contribution in [0.2, 0.25) is 0 Å². The number of allylic oxidation sites excluding steroid dienone is 2. The van der Waals surface area contributed by atoms with E-state index in [0.29, 0.717) is 11.1 Å². The van der Waals surface area contributed by atoms with Crippen LogP contribution >= 0.6 is 0 Å². The van der Waals surface area contributed by atoms with Crippen LogP contribution in [0.15, 0.2) is 40.7 Å². The number of unbranched alkanes of at least 4 members (excludes halogenated alkanes) is 1. The van der Waals surface area contributed by atoms with Gasteiger partial charge in [-0.15, -0.1) is 0 Å². The van der Waals surface area contributed by atoms with E-state index in [0.717, 1.165) is 60.3 Å². The first-order chi connectivity index (χ1) is 13.9. The molecule has 29 heavy (non-hydrogen) atoms. The number of ether oxygens (including phenoxy) is 1. The Morgan fingerprint density at radius 2 is 1.62 bits per heavy atom. The van der Waals surface area contributed by atoms with Gasteiger partial charge in [0.2, 0.25) is 0 Å². The Labute approximate surface area is 174 Å². The van der Waals surface area contributed by atoms with Gasteiger partial charge in [0.05, 0.1) is 12.7 Å². The van der Waals surface area contributed by atoms with E-state index in [2.05, 4.69) is 31.4 Å². The third-order valence-corrected chi connectivity index (χ3v) is 5.61. The number of esters is 1. The second-order valence-electron chi connectivity index (χ2n) is 7.50. The number of amides is 1. The predicted molar refractivity (Wildman–Crippen MR) is 117 cm³/mol. The molecule has 2 rings (SSSR count). The molecule has 1 heterocycles. The second-order valence-corrected chi connectivity index (χ2v) is 7.50. The Hall–Kier alpha value is -2.56. The summed E-state index contributed by atoms with van der Waals surface area (Å²) in [7, 11) is 1.38. The highest BCUT2D eigenvalue weighted by Gasteiger charge is 2.35. The number of para-hydroxylation sites is 1. The SMILES string of the molecule is CCCC[C@@H]1C(C(=O)Nc2c(CC)cccc2CC)=C(C)NC(C)=C1C(=O)OC. The lowest BCUT2D eigenvalue weighted by Gasteiger charge is -2.30. The Balaban J connectivity index is 2.46. The second kappa shape index (κ2) is 10.3. The van der Waals surface area contributed by atoms with Gasteiger partial charge in [0.25, 0.3) is 5.91 Å². The van der Waals surface area contributed by atoms with Crippen molar-refractivity contribution in [3.63, 3.8) is 0 Å². The van der Waals surface area contributed by atoms with Crippen LogP contribution in [0.4, 0.5) is 5.69 Å². The normalized spacial score (nSPS) is 16.6. The fourth-order valence-corrected chi connectivity index (χ4v) is 4.10. The molecular formula is C24H34N2O3. The molecule has 1 aliphatic heterocycles. The minimum absolute atomic E-state index is 0.152. The topological polar surface area (TPSA) is 67.4 Å². The highest BCUT2D eigenvalue weighted by molar-refractivity contribution is 6.07. The molecule has 1 atom stereocenters. The van der Waals surface area contributed by atoms with Gasteiger partial charge in [-0.1, -0.05) is 51.8 Å². The zero-order chi connectivity index (χ0) is 21.6. The standard InChI is InChI=1S/C24H34N2O3/c1-7-10-14-19-20(15(4)25-16(5)21(19)24(28)29-6)23(27)26-22-17(8-2)12-11-13-18(22)9-3/h11-13,19,25H,7-10,14H2,1-6H3,(H,26,27)/t19-/m1/s1. The summed E-state index contributed by atoms with van der Waals surface area (Å²) in [6.07, 6.45) is 4.32. The zero-order valence-electron chi connectivity index (χ0n) is 18.6. The van der Waals surface area contributed by atoms with E-state index in [-0.39, 0.29) is 17.8 Å². The highest BCUT2D eigenvalue weighted by atomic mass is 16.5. The molecule has 0 fully saturated rings. The average Bonchev–Trinajstić information content (AvgIpc) is 2.71. The van der Waals surface area contributed by atoms with Gasteiger partial charge >= 0.3 is 5.97 Å². The Kier molecular flexibility index (Phi) is 8.06. The summed E-state index contributed by atoms with van der Waals surface area (Å²) in [5.41, 5.74) is 5.85. The molecule has 1 amide bonds. The molecule has 5 nitrogen and oxygen atoms in total. The lowest BCUT2D eigenvalue weighted by Crippen LogP contribution is -2.35. The van der Waals surface area contributed by atoms with Gasteiger partial charge in [-0.3, -0.25) is 4.79 Å². The molecule has 1 aromatic carbocycles. The summed E-state index contributed by atoms with van der Waals surface area (Å²) in [5, 5.41) is 6.39. The van der Waals surface area contributed by atoms with E-state index in [1.165, 1.54) is 7.11 Å². The van der Waals surface area contributed by atoms with Crippen LogP contribution in [-0.4, -0.2) is 19.0 Å². The van der Waals surface area contributed by atoms with Crippen LogP contribution in [0.25, 0.3) is 0 Å². The van der Waals surface area contributed by atoms with Crippen LogP contribution in [0.1, 0.15) is 65.0 Å². The molecule has 2 N–H and O–H groups in total. The maximum absolute atomic E-state index is 13.5. The minimum atomic E-state index is -0.378. The Bertz CT molecular complexity index is 814. The van der Waals surface area contributed by atoms with Crippen molar-refractivity contribution in [2.75, 3.05) is 12.4 Å². The average molecular weight is 399 g/mol. The summed E-state index contributed by atoms with van der Waals surface area (Å²) in [5.74, 6) is -0.805. The smallest absolute Gasteiger partial charge is 0.336 e. The molecule has 5 heteroatoms. The first-order valence-electron chi connectivity index (χ1n) is 10.6. The predicted octanol–water partition coefficient (Wildman–Crippen LogP) is 4.88. The van der Waals surface area contributed by atoms with Crippen molar-refractivity contribution >= 4 is 17.6 Å². The molecule has 1 aliphatic rings. The molecule has 0 bridgehead atoms. The van der Waals surface area contributed by atoms with Crippen LogP contribution < -0.4 is 10.6 Å². The van der Waals surface area contributed by atoms with Gasteiger partial charge in [-0.25, -0.2) is 4.79 Å². The van der Waals surface area contributed by atoms with Crippen molar-refractivity contribution in [1.82, 2.24) is 5.32 Å². The third kappa shape index (κ3) is 4.89. The van der Waals surface area contributed by atoms with Crippen molar-refractivity contribution in [3.8, 4) is 0 Å². The van der Waals surface area contributed by atoms with E-state index in [4.69, 9.17) is 4.74 Å². The molecule has 0 aromatic heterocycles. The first kappa shape index (κ1) is 22.7. The Morgan fingerprint density at radius 1 is 1.03 bits per heavy atom. The quantitative estimate of drug-likeness (QED) is 0.613. The number of carbonyl (C=O) groups excluding carboxylic acids is 2. The van der Waals surface area contributed by atoms with E-state index < -0.39 is 0 Å². The molecule has 1 aromatic rings. The summed E-state index contributed by atoms with van der Waals surface area (Å²) < 4.78 is 5.03. The lowest BCUT2D eigenvalue weighted by atomic mass is 9.81. The Morgan fingerprint density at radius 3 is 2.14 bits per heavy atom. The van der Waals surface area contributed by atoms with Crippen molar-refractivity contribution in [1.29, 1.82) is 0 Å². The van der Waals surface area contributed by atoms with Crippen molar-refractivity contribution in [3.05, 3.63) is 51.9 Å². The lowest BCUT2D eigenvalue weighted by molar-refractivity contribution is -0.136. The van der Waals surface area contributed by atoms with Crippen molar-refractivity contribution in [2.24, 2.45) is 5.92 Å². The van der Waals surface area contributed by atoms with E-state index in [9.17, 15) is 9.59 Å². The molecular weight excluding hydrogens is 364 g/mol. The number of benzene rings is 1. The summed E-state index contributed by atoms with van der Waals surface area (Å²) in [6, 6.07) is 6.13. The number of carbonyl (C=O) groups is 2. The van der Waals surface area contributed by atoms with Crippen molar-refractivity contribution < 1.29 is 14.3 Å². The van der Waals surface area contributed by atoms with Crippen LogP contribution in [0.3, 0.4) is 0 Å². The summed E-state index contributed by atoms with van der Waals surface area (Å²) in [6.45, 7) is 10.0. The number of rotatable bonds is 8. The molecule has 158 valence electrons. The van der Waals surface area contributed by atoms with E-state index in [1.54, 1.807) is 0 Å². The maximum Gasteiger partial charge on any atom is 0.336 e. The number of nitrogens with one attached hydrogen (secondary N) is 2. The van der Waals surface area contributed by atoms with Gasteiger partial charge in [0.15, 0.2) is 0 Å². The summed E-state index contributed by atoms with van der Waals surface area (Å²) >= 11 is 0. The van der Waals surface area contributed by atoms with Crippen LogP contribution in [0.5, 0.6) is 0 Å². The highest BCUT2D eigenvalue weighted by Crippen LogP contribution is 2.35. The molecule has 0 saturated carbocycles. The number of hydrogen-bond acceptors (Lipinski definition) is 4. The van der Waals surface area contributed by atoms with Gasteiger partial charge in [0, 0.05) is 28.6 Å². The van der Waals surface area contributed by atoms with Crippen molar-refractivity contribution in [2.45, 2.75) is 66.7 Å². The van der Waals surface area contributed by atoms with E-state index in [1.807, 2.05) is 32.0 Å². The number of hydrogen-bond donors (Lipinski definition) is 2. The fourth-order valence-electron chi connectivity index (χ4n) is 4.10. The molecule has 0 unspecified atom stereocenters. The van der Waals surface area contributed by atoms with Gasteiger partial charge in [-0.05, 0) is 44.2 Å². The number of dihydropyridines is 1. The van der Waals surface area contributed by atoms with Gasteiger partial charge in [0.1, 0.15) is 0 Å². The largest absolute Gasteiger partial charge is 0.466 e. The number of methoxy groups -OCH3 is 1. The first-order valence-corrected chi connectivity index (χ1v) is 10.6. The van der Waals surface area contributed by atoms with E-state index >= 15 is 0 Å². The number of aryl methyl sites for hydroxylation is 2. The van der Waals surface area contributed by atoms with Crippen LogP contribution in [0, 0.1) is 5.92 Å². The van der Waals surface area contributed by atoms with Crippen LogP contribution in [-0.2, 0) is 27.2 Å². The van der Waals surface area contributed by atoms with Gasteiger partial charge in [-0.2, -0.15) is 0 Å². The third-order valence-electron chi connectivity index (χ3n) is 5.61.